The van der Waals surface area contributed by atoms with Crippen molar-refractivity contribution < 1.29 is 23.9 Å². The molecular formula is C22H21BrN2O6. The highest BCUT2D eigenvalue weighted by atomic mass is 79.9. The van der Waals surface area contributed by atoms with Crippen LogP contribution in [0.5, 0.6) is 11.5 Å². The van der Waals surface area contributed by atoms with Gasteiger partial charge in [-0.05, 0) is 66.0 Å². The summed E-state index contributed by atoms with van der Waals surface area (Å²) in [7, 11) is 1.53. The van der Waals surface area contributed by atoms with Gasteiger partial charge in [-0.15, -0.1) is 0 Å². The number of carbonyl (C=O) groups is 1. The van der Waals surface area contributed by atoms with Crippen molar-refractivity contribution in [2.24, 2.45) is 4.99 Å². The fourth-order valence-corrected chi connectivity index (χ4v) is 3.40. The molecule has 0 spiro atoms. The molecule has 0 saturated heterocycles. The van der Waals surface area contributed by atoms with Crippen LogP contribution < -0.4 is 9.47 Å². The summed E-state index contributed by atoms with van der Waals surface area (Å²) in [5.41, 5.74) is 1.50. The molecule has 0 radical (unpaired) electrons. The number of nitro groups is 1. The number of nitro benzene ring substituents is 1. The number of esters is 1. The minimum Gasteiger partial charge on any atom is -0.493 e. The number of nitrogens with zero attached hydrogens (tertiary/aromatic N) is 2. The Balaban J connectivity index is 1.96. The van der Waals surface area contributed by atoms with Gasteiger partial charge in [0.15, 0.2) is 17.2 Å². The third kappa shape index (κ3) is 4.93. The number of cyclic esters (lactones) is 1. The van der Waals surface area contributed by atoms with Gasteiger partial charge in [0.25, 0.3) is 5.69 Å². The molecule has 31 heavy (non-hydrogen) atoms. The lowest BCUT2D eigenvalue weighted by Gasteiger charge is -2.17. The monoisotopic (exact) mass is 488 g/mol. The van der Waals surface area contributed by atoms with E-state index in [1.807, 2.05) is 13.8 Å². The Bertz CT molecular complexity index is 1110. The summed E-state index contributed by atoms with van der Waals surface area (Å²) in [5.74, 6) is 0.450. The van der Waals surface area contributed by atoms with Crippen LogP contribution in [0.2, 0.25) is 0 Å². The van der Waals surface area contributed by atoms with Crippen LogP contribution in [0.25, 0.3) is 6.08 Å². The number of hydrogen-bond acceptors (Lipinski definition) is 7. The van der Waals surface area contributed by atoms with Gasteiger partial charge < -0.3 is 14.2 Å². The predicted octanol–water partition coefficient (Wildman–Crippen LogP) is 5.20. The van der Waals surface area contributed by atoms with Crippen molar-refractivity contribution in [1.82, 2.24) is 0 Å². The summed E-state index contributed by atoms with van der Waals surface area (Å²) in [5, 5.41) is 11.2. The Kier molecular flexibility index (Phi) is 6.74. The van der Waals surface area contributed by atoms with Crippen molar-refractivity contribution in [1.29, 1.82) is 0 Å². The molecule has 0 aromatic heterocycles. The van der Waals surface area contributed by atoms with Gasteiger partial charge in [-0.1, -0.05) is 13.0 Å². The van der Waals surface area contributed by atoms with Crippen LogP contribution in [0.1, 0.15) is 37.0 Å². The summed E-state index contributed by atoms with van der Waals surface area (Å²) in [6, 6.07) is 8.06. The van der Waals surface area contributed by atoms with Crippen molar-refractivity contribution in [2.45, 2.75) is 33.3 Å². The lowest BCUT2D eigenvalue weighted by atomic mass is 10.1. The largest absolute Gasteiger partial charge is 0.493 e. The van der Waals surface area contributed by atoms with E-state index in [1.165, 1.54) is 13.2 Å². The van der Waals surface area contributed by atoms with Gasteiger partial charge in [0, 0.05) is 17.2 Å². The Morgan fingerprint density at radius 1 is 1.32 bits per heavy atom. The van der Waals surface area contributed by atoms with E-state index in [-0.39, 0.29) is 23.4 Å². The van der Waals surface area contributed by atoms with E-state index in [0.29, 0.717) is 32.7 Å². The van der Waals surface area contributed by atoms with Crippen LogP contribution in [-0.2, 0) is 9.53 Å². The van der Waals surface area contributed by atoms with Crippen LogP contribution in [0.15, 0.2) is 45.5 Å². The Labute approximate surface area is 187 Å². The fourth-order valence-electron chi connectivity index (χ4n) is 2.85. The molecular weight excluding hydrogens is 468 g/mol. The number of rotatable bonds is 7. The maximum absolute atomic E-state index is 12.3. The molecule has 1 atom stereocenters. The van der Waals surface area contributed by atoms with Crippen molar-refractivity contribution in [3.8, 4) is 11.5 Å². The van der Waals surface area contributed by atoms with Gasteiger partial charge >= 0.3 is 5.97 Å². The summed E-state index contributed by atoms with van der Waals surface area (Å²) in [6.07, 6.45) is 2.39. The molecule has 2 aromatic rings. The van der Waals surface area contributed by atoms with Crippen LogP contribution in [0.3, 0.4) is 0 Å². The first-order chi connectivity index (χ1) is 14.7. The van der Waals surface area contributed by atoms with Crippen molar-refractivity contribution in [3.63, 3.8) is 0 Å². The summed E-state index contributed by atoms with van der Waals surface area (Å²) >= 11 is 3.49. The molecule has 0 bridgehead atoms. The molecule has 0 aliphatic carbocycles. The van der Waals surface area contributed by atoms with Gasteiger partial charge in [0.2, 0.25) is 5.90 Å². The zero-order chi connectivity index (χ0) is 22.7. The highest BCUT2D eigenvalue weighted by molar-refractivity contribution is 9.10. The van der Waals surface area contributed by atoms with Crippen molar-refractivity contribution in [3.05, 3.63) is 67.3 Å². The number of hydrogen-bond donors (Lipinski definition) is 0. The second-order valence-electron chi connectivity index (χ2n) is 6.97. The van der Waals surface area contributed by atoms with Gasteiger partial charge in [-0.3, -0.25) is 10.1 Å². The van der Waals surface area contributed by atoms with Gasteiger partial charge in [0.1, 0.15) is 0 Å². The molecule has 0 fully saturated rings. The van der Waals surface area contributed by atoms with Gasteiger partial charge in [-0.25, -0.2) is 9.79 Å². The summed E-state index contributed by atoms with van der Waals surface area (Å²) in [6.45, 7) is 5.62. The van der Waals surface area contributed by atoms with Gasteiger partial charge in [0.05, 0.1) is 22.6 Å². The standard InChI is InChI=1S/C22H21BrN2O6/c1-5-13(3)30-20-16(23)8-14(10-19(20)29-4)9-17-22(26)31-21(24-17)15-7-6-12(2)18(11-15)25(27)28/h6-11,13H,5H2,1-4H3/b17-9-. The first-order valence-corrected chi connectivity index (χ1v) is 10.3. The van der Waals surface area contributed by atoms with Crippen LogP contribution in [0, 0.1) is 17.0 Å². The molecule has 0 saturated carbocycles. The van der Waals surface area contributed by atoms with E-state index in [2.05, 4.69) is 20.9 Å². The predicted molar refractivity (Wildman–Crippen MR) is 120 cm³/mol. The van der Waals surface area contributed by atoms with Crippen LogP contribution in [0.4, 0.5) is 5.69 Å². The topological polar surface area (TPSA) is 100 Å². The number of carbonyl (C=O) groups excluding carboxylic acids is 1. The molecule has 1 heterocycles. The van der Waals surface area contributed by atoms with Gasteiger partial charge in [-0.2, -0.15) is 0 Å². The molecule has 3 rings (SSSR count). The second kappa shape index (κ2) is 9.30. The number of methoxy groups -OCH3 is 1. The fraction of sp³-hybridized carbons (Fsp3) is 0.273. The van der Waals surface area contributed by atoms with Crippen LogP contribution in [-0.4, -0.2) is 30.0 Å². The number of ether oxygens (including phenoxy) is 3. The zero-order valence-electron chi connectivity index (χ0n) is 17.5. The molecule has 0 amide bonds. The highest BCUT2D eigenvalue weighted by Crippen LogP contribution is 2.38. The maximum atomic E-state index is 12.3. The average molecular weight is 489 g/mol. The molecule has 8 nitrogen and oxygen atoms in total. The highest BCUT2D eigenvalue weighted by Gasteiger charge is 2.26. The molecule has 0 N–H and O–H groups in total. The molecule has 1 aliphatic rings. The van der Waals surface area contributed by atoms with Crippen molar-refractivity contribution >= 4 is 39.6 Å². The van der Waals surface area contributed by atoms with Crippen molar-refractivity contribution in [2.75, 3.05) is 7.11 Å². The first kappa shape index (κ1) is 22.5. The molecule has 1 unspecified atom stereocenters. The summed E-state index contributed by atoms with van der Waals surface area (Å²) < 4.78 is 17.3. The molecule has 162 valence electrons. The van der Waals surface area contributed by atoms with E-state index < -0.39 is 10.9 Å². The third-order valence-electron chi connectivity index (χ3n) is 4.72. The minimum atomic E-state index is -0.645. The lowest BCUT2D eigenvalue weighted by Crippen LogP contribution is -2.11. The molecule has 2 aromatic carbocycles. The number of halogens is 1. The van der Waals surface area contributed by atoms with E-state index in [1.54, 1.807) is 37.3 Å². The Hall–Kier alpha value is -3.20. The third-order valence-corrected chi connectivity index (χ3v) is 5.31. The number of aliphatic imine (C=N–C) groups is 1. The molecule has 9 heteroatoms. The average Bonchev–Trinajstić information content (AvgIpc) is 3.09. The Morgan fingerprint density at radius 3 is 2.71 bits per heavy atom. The number of benzene rings is 2. The quantitative estimate of drug-likeness (QED) is 0.230. The van der Waals surface area contributed by atoms with Crippen LogP contribution >= 0.6 is 15.9 Å². The smallest absolute Gasteiger partial charge is 0.363 e. The first-order valence-electron chi connectivity index (χ1n) is 9.55. The lowest BCUT2D eigenvalue weighted by molar-refractivity contribution is -0.385. The SMILES string of the molecule is CCC(C)Oc1c(Br)cc(/C=C2\N=C(c3ccc(C)c([N+](=O)[O-])c3)OC2=O)cc1OC. The maximum Gasteiger partial charge on any atom is 0.363 e. The molecule has 1 aliphatic heterocycles. The van der Waals surface area contributed by atoms with E-state index in [4.69, 9.17) is 14.2 Å². The Morgan fingerprint density at radius 2 is 2.06 bits per heavy atom. The van der Waals surface area contributed by atoms with E-state index in [0.717, 1.165) is 6.42 Å². The van der Waals surface area contributed by atoms with E-state index in [9.17, 15) is 14.9 Å². The number of aryl methyl sites for hydroxylation is 1. The summed E-state index contributed by atoms with van der Waals surface area (Å²) in [4.78, 5) is 27.3. The zero-order valence-corrected chi connectivity index (χ0v) is 19.1. The normalized spacial score (nSPS) is 15.5. The second-order valence-corrected chi connectivity index (χ2v) is 7.82. The van der Waals surface area contributed by atoms with E-state index >= 15 is 0 Å². The minimum absolute atomic E-state index is 0.00457.